The predicted molar refractivity (Wildman–Crippen MR) is 79.6 cm³/mol. The number of hydrogen-bond donors (Lipinski definition) is 1. The monoisotopic (exact) mass is 329 g/mol. The summed E-state index contributed by atoms with van der Waals surface area (Å²) in [6.45, 7) is 0.948. The van der Waals surface area contributed by atoms with Crippen LogP contribution in [0.2, 0.25) is 5.02 Å². The van der Waals surface area contributed by atoms with Crippen LogP contribution in [0.15, 0.2) is 12.1 Å². The van der Waals surface area contributed by atoms with Gasteiger partial charge in [-0.2, -0.15) is 0 Å². The van der Waals surface area contributed by atoms with Gasteiger partial charge in [0.1, 0.15) is 16.6 Å². The van der Waals surface area contributed by atoms with E-state index < -0.39 is 11.6 Å². The molecule has 0 amide bonds. The average Bonchev–Trinajstić information content (AvgIpc) is 3.16. The molecule has 1 fully saturated rings. The summed E-state index contributed by atoms with van der Waals surface area (Å²) in [5.74, 6) is -1.24. The Morgan fingerprint density at radius 3 is 2.81 bits per heavy atom. The Morgan fingerprint density at radius 1 is 1.24 bits per heavy atom. The average molecular weight is 330 g/mol. The first-order valence-electron chi connectivity index (χ1n) is 6.84. The summed E-state index contributed by atoms with van der Waals surface area (Å²) < 4.78 is 27.2. The van der Waals surface area contributed by atoms with Crippen molar-refractivity contribution >= 4 is 22.9 Å². The van der Waals surface area contributed by atoms with E-state index in [1.54, 1.807) is 0 Å². The van der Waals surface area contributed by atoms with Crippen molar-refractivity contribution in [3.05, 3.63) is 33.8 Å². The molecule has 0 saturated heterocycles. The van der Waals surface area contributed by atoms with Gasteiger partial charge < -0.3 is 5.32 Å². The molecule has 112 valence electrons. The first-order chi connectivity index (χ1) is 10.1. The largest absolute Gasteiger partial charge is 0.314 e. The molecule has 0 unspecified atom stereocenters. The molecule has 0 radical (unpaired) electrons. The summed E-state index contributed by atoms with van der Waals surface area (Å²) >= 11 is 6.83. The summed E-state index contributed by atoms with van der Waals surface area (Å²) in [4.78, 5) is 0. The van der Waals surface area contributed by atoms with Crippen molar-refractivity contribution in [2.75, 3.05) is 6.54 Å². The second-order valence-corrected chi connectivity index (χ2v) is 6.55. The Labute approximate surface area is 130 Å². The number of benzene rings is 1. The minimum atomic E-state index is -0.654. The number of nitrogens with zero attached hydrogens (tertiary/aromatic N) is 2. The third kappa shape index (κ3) is 3.75. The number of hydrogen-bond acceptors (Lipinski definition) is 4. The van der Waals surface area contributed by atoms with E-state index in [2.05, 4.69) is 15.5 Å². The summed E-state index contributed by atoms with van der Waals surface area (Å²) in [5, 5.41) is 12.4. The maximum Gasteiger partial charge on any atom is 0.150 e. The van der Waals surface area contributed by atoms with Crippen molar-refractivity contribution in [2.24, 2.45) is 0 Å². The van der Waals surface area contributed by atoms with Crippen molar-refractivity contribution in [1.82, 2.24) is 15.5 Å². The quantitative estimate of drug-likeness (QED) is 0.646. The van der Waals surface area contributed by atoms with Crippen LogP contribution in [-0.2, 0) is 6.42 Å². The molecule has 0 atom stereocenters. The van der Waals surface area contributed by atoms with E-state index in [1.807, 2.05) is 0 Å². The third-order valence-electron chi connectivity index (χ3n) is 3.29. The molecule has 7 heteroatoms. The fourth-order valence-corrected chi connectivity index (χ4v) is 3.03. The van der Waals surface area contributed by atoms with E-state index in [9.17, 15) is 8.78 Å². The summed E-state index contributed by atoms with van der Waals surface area (Å²) in [6.07, 6.45) is 4.28. The van der Waals surface area contributed by atoms with Crippen LogP contribution in [0.4, 0.5) is 8.78 Å². The van der Waals surface area contributed by atoms with Crippen molar-refractivity contribution in [3.63, 3.8) is 0 Å². The van der Waals surface area contributed by atoms with Crippen LogP contribution in [0.5, 0.6) is 0 Å². The van der Waals surface area contributed by atoms with Crippen molar-refractivity contribution in [3.8, 4) is 10.6 Å². The van der Waals surface area contributed by atoms with Gasteiger partial charge in [-0.05, 0) is 37.9 Å². The van der Waals surface area contributed by atoms with Gasteiger partial charge in [0, 0.05) is 12.5 Å². The Balaban J connectivity index is 1.64. The highest BCUT2D eigenvalue weighted by Crippen LogP contribution is 2.30. The number of aryl methyl sites for hydroxylation is 1. The fourth-order valence-electron chi connectivity index (χ4n) is 1.98. The molecule has 0 spiro atoms. The molecular formula is C14H14ClF2N3S. The van der Waals surface area contributed by atoms with E-state index >= 15 is 0 Å². The SMILES string of the molecule is Fc1cc(-c2nnc(CCCNC3CC3)s2)c(F)cc1Cl. The number of halogens is 3. The first-order valence-corrected chi connectivity index (χ1v) is 8.03. The molecule has 3 nitrogen and oxygen atoms in total. The summed E-state index contributed by atoms with van der Waals surface area (Å²) in [5.41, 5.74) is 0.108. The molecule has 21 heavy (non-hydrogen) atoms. The molecule has 0 aliphatic heterocycles. The number of nitrogens with one attached hydrogen (secondary N) is 1. The molecule has 2 aromatic rings. The zero-order chi connectivity index (χ0) is 14.8. The van der Waals surface area contributed by atoms with Crippen LogP contribution in [0, 0.1) is 11.6 Å². The molecule has 1 aromatic carbocycles. The molecule has 1 N–H and O–H groups in total. The Hall–Kier alpha value is -1.11. The Bertz CT molecular complexity index is 643. The van der Waals surface area contributed by atoms with Gasteiger partial charge in [0.2, 0.25) is 0 Å². The number of rotatable bonds is 6. The van der Waals surface area contributed by atoms with Crippen LogP contribution in [0.3, 0.4) is 0 Å². The number of aromatic nitrogens is 2. The van der Waals surface area contributed by atoms with Crippen molar-refractivity contribution in [2.45, 2.75) is 31.7 Å². The molecule has 1 aliphatic carbocycles. The minimum Gasteiger partial charge on any atom is -0.314 e. The minimum absolute atomic E-state index is 0.108. The van der Waals surface area contributed by atoms with Crippen molar-refractivity contribution in [1.29, 1.82) is 0 Å². The molecular weight excluding hydrogens is 316 g/mol. The van der Waals surface area contributed by atoms with E-state index in [0.29, 0.717) is 11.0 Å². The smallest absolute Gasteiger partial charge is 0.150 e. The van der Waals surface area contributed by atoms with E-state index in [1.165, 1.54) is 24.2 Å². The van der Waals surface area contributed by atoms with Crippen LogP contribution in [0.25, 0.3) is 10.6 Å². The highest BCUT2D eigenvalue weighted by atomic mass is 35.5. The zero-order valence-corrected chi connectivity index (χ0v) is 12.8. The van der Waals surface area contributed by atoms with Crippen LogP contribution >= 0.6 is 22.9 Å². The normalized spacial score (nSPS) is 14.6. The van der Waals surface area contributed by atoms with E-state index in [4.69, 9.17) is 11.6 Å². The van der Waals surface area contributed by atoms with Gasteiger partial charge in [-0.15, -0.1) is 10.2 Å². The van der Waals surface area contributed by atoms with Crippen LogP contribution < -0.4 is 5.32 Å². The highest BCUT2D eigenvalue weighted by Gasteiger charge is 2.19. The standard InChI is InChI=1S/C14H14ClF2N3S/c15-10-7-11(16)9(6-12(10)17)14-20-19-13(21-14)2-1-5-18-8-3-4-8/h6-8,18H,1-5H2. The third-order valence-corrected chi connectivity index (χ3v) is 4.59. The van der Waals surface area contributed by atoms with E-state index in [-0.39, 0.29) is 10.6 Å². The Morgan fingerprint density at radius 2 is 2.05 bits per heavy atom. The predicted octanol–water partition coefficient (Wildman–Crippen LogP) is 3.82. The second kappa shape index (κ2) is 6.34. The molecule has 0 bridgehead atoms. The molecule has 1 saturated carbocycles. The van der Waals surface area contributed by atoms with E-state index in [0.717, 1.165) is 36.5 Å². The maximum absolute atomic E-state index is 13.8. The van der Waals surface area contributed by atoms with Gasteiger partial charge >= 0.3 is 0 Å². The molecule has 1 aliphatic rings. The highest BCUT2D eigenvalue weighted by molar-refractivity contribution is 7.14. The van der Waals surface area contributed by atoms with Crippen LogP contribution in [0.1, 0.15) is 24.3 Å². The van der Waals surface area contributed by atoms with Gasteiger partial charge in [0.05, 0.1) is 10.6 Å². The van der Waals surface area contributed by atoms with Gasteiger partial charge in [-0.3, -0.25) is 0 Å². The lowest BCUT2D eigenvalue weighted by Crippen LogP contribution is -2.17. The lowest BCUT2D eigenvalue weighted by molar-refractivity contribution is 0.603. The van der Waals surface area contributed by atoms with Gasteiger partial charge in [-0.25, -0.2) is 8.78 Å². The summed E-state index contributed by atoms with van der Waals surface area (Å²) in [6, 6.07) is 2.73. The molecule has 1 heterocycles. The Kier molecular flexibility index (Phi) is 4.47. The zero-order valence-electron chi connectivity index (χ0n) is 11.2. The summed E-state index contributed by atoms with van der Waals surface area (Å²) in [7, 11) is 0. The molecule has 3 rings (SSSR count). The molecule has 1 aromatic heterocycles. The first kappa shape index (κ1) is 14.8. The lowest BCUT2D eigenvalue weighted by Gasteiger charge is -2.00. The lowest BCUT2D eigenvalue weighted by atomic mass is 10.2. The van der Waals surface area contributed by atoms with Crippen molar-refractivity contribution < 1.29 is 8.78 Å². The topological polar surface area (TPSA) is 37.8 Å². The van der Waals surface area contributed by atoms with Gasteiger partial charge in [0.25, 0.3) is 0 Å². The maximum atomic E-state index is 13.8. The fraction of sp³-hybridized carbons (Fsp3) is 0.429. The van der Waals surface area contributed by atoms with Gasteiger partial charge in [0.15, 0.2) is 5.01 Å². The van der Waals surface area contributed by atoms with Gasteiger partial charge in [-0.1, -0.05) is 22.9 Å². The van der Waals surface area contributed by atoms with Crippen LogP contribution in [-0.4, -0.2) is 22.8 Å². The second-order valence-electron chi connectivity index (χ2n) is 5.08.